The van der Waals surface area contributed by atoms with Crippen molar-refractivity contribution in [3.63, 3.8) is 0 Å². The van der Waals surface area contributed by atoms with Gasteiger partial charge >= 0.3 is 0 Å². The number of carbonyl (C=O) groups excluding carboxylic acids is 1. The summed E-state index contributed by atoms with van der Waals surface area (Å²) in [7, 11) is 0. The minimum atomic E-state index is -0.405. The molecule has 1 amide bonds. The summed E-state index contributed by atoms with van der Waals surface area (Å²) in [5.41, 5.74) is 3.90. The van der Waals surface area contributed by atoms with Gasteiger partial charge in [-0.05, 0) is 19.1 Å². The molecule has 31 heavy (non-hydrogen) atoms. The Morgan fingerprint density at radius 1 is 1.10 bits per heavy atom. The zero-order chi connectivity index (χ0) is 22.3. The van der Waals surface area contributed by atoms with Crippen LogP contribution in [0, 0.1) is 17.0 Å². The number of fused-ring (bicyclic) bond motifs is 1. The molecule has 3 heterocycles. The molecule has 9 nitrogen and oxygen atoms in total. The van der Waals surface area contributed by atoms with Crippen LogP contribution in [0.1, 0.15) is 42.5 Å². The van der Waals surface area contributed by atoms with E-state index < -0.39 is 4.92 Å². The van der Waals surface area contributed by atoms with Gasteiger partial charge in [0.25, 0.3) is 11.6 Å². The van der Waals surface area contributed by atoms with E-state index in [4.69, 9.17) is 0 Å². The molecule has 2 aromatic heterocycles. The van der Waals surface area contributed by atoms with Crippen LogP contribution < -0.4 is 4.90 Å². The number of benzene rings is 1. The Morgan fingerprint density at radius 3 is 2.32 bits per heavy atom. The highest BCUT2D eigenvalue weighted by molar-refractivity contribution is 5.95. The van der Waals surface area contributed by atoms with Gasteiger partial charge in [-0.25, -0.2) is 9.50 Å². The molecule has 1 aliphatic heterocycles. The Balaban J connectivity index is 1.49. The second-order valence-electron chi connectivity index (χ2n) is 8.86. The highest BCUT2D eigenvalue weighted by Crippen LogP contribution is 2.24. The van der Waals surface area contributed by atoms with E-state index in [1.807, 2.05) is 17.9 Å². The van der Waals surface area contributed by atoms with Crippen LogP contribution in [0.5, 0.6) is 0 Å². The summed E-state index contributed by atoms with van der Waals surface area (Å²) < 4.78 is 1.75. The molecule has 1 fully saturated rings. The van der Waals surface area contributed by atoms with E-state index in [0.717, 1.165) is 22.7 Å². The van der Waals surface area contributed by atoms with Gasteiger partial charge in [0.05, 0.1) is 21.9 Å². The molecule has 0 aliphatic carbocycles. The number of rotatable bonds is 3. The average molecular weight is 422 g/mol. The molecule has 162 valence electrons. The molecule has 0 saturated carbocycles. The quantitative estimate of drug-likeness (QED) is 0.475. The van der Waals surface area contributed by atoms with Crippen molar-refractivity contribution < 1.29 is 9.72 Å². The number of piperazine rings is 1. The maximum Gasteiger partial charge on any atom is 0.269 e. The van der Waals surface area contributed by atoms with E-state index in [9.17, 15) is 14.9 Å². The molecule has 1 aliphatic rings. The van der Waals surface area contributed by atoms with Crippen LogP contribution in [-0.4, -0.2) is 56.5 Å². The van der Waals surface area contributed by atoms with Crippen molar-refractivity contribution in [3.05, 3.63) is 63.6 Å². The van der Waals surface area contributed by atoms with E-state index in [-0.39, 0.29) is 17.0 Å². The maximum absolute atomic E-state index is 13.2. The summed E-state index contributed by atoms with van der Waals surface area (Å²) in [5, 5.41) is 15.5. The number of nitro groups is 1. The molecule has 3 aromatic rings. The summed E-state index contributed by atoms with van der Waals surface area (Å²) in [6, 6.07) is 8.48. The van der Waals surface area contributed by atoms with Gasteiger partial charge in [-0.15, -0.1) is 0 Å². The molecule has 0 bridgehead atoms. The molecule has 4 rings (SSSR count). The zero-order valence-corrected chi connectivity index (χ0v) is 18.2. The molecular weight excluding hydrogens is 396 g/mol. The lowest BCUT2D eigenvalue weighted by molar-refractivity contribution is -0.384. The molecule has 0 spiro atoms. The Kier molecular flexibility index (Phi) is 5.12. The third-order valence-electron chi connectivity index (χ3n) is 5.72. The molecule has 9 heteroatoms. The predicted octanol–water partition coefficient (Wildman–Crippen LogP) is 3.21. The first-order valence-electron chi connectivity index (χ1n) is 10.3. The summed E-state index contributed by atoms with van der Waals surface area (Å²) in [4.78, 5) is 32.0. The summed E-state index contributed by atoms with van der Waals surface area (Å²) in [6.45, 7) is 10.7. The van der Waals surface area contributed by atoms with Crippen molar-refractivity contribution in [1.29, 1.82) is 0 Å². The van der Waals surface area contributed by atoms with E-state index in [0.29, 0.717) is 31.7 Å². The first-order chi connectivity index (χ1) is 14.6. The molecule has 0 radical (unpaired) electrons. The normalized spacial score (nSPS) is 14.8. The number of amides is 1. The average Bonchev–Trinajstić information content (AvgIpc) is 3.20. The molecule has 0 unspecified atom stereocenters. The fourth-order valence-corrected chi connectivity index (χ4v) is 3.75. The van der Waals surface area contributed by atoms with Gasteiger partial charge in [-0.3, -0.25) is 14.9 Å². The third kappa shape index (κ3) is 3.95. The van der Waals surface area contributed by atoms with Crippen molar-refractivity contribution in [2.75, 3.05) is 31.1 Å². The topological polar surface area (TPSA) is 96.9 Å². The summed E-state index contributed by atoms with van der Waals surface area (Å²) >= 11 is 0. The molecule has 1 saturated heterocycles. The highest BCUT2D eigenvalue weighted by Gasteiger charge is 2.26. The number of aryl methyl sites for hydroxylation is 1. The van der Waals surface area contributed by atoms with Gasteiger partial charge in [-0.2, -0.15) is 5.10 Å². The largest absolute Gasteiger partial charge is 0.368 e. The first kappa shape index (κ1) is 20.8. The lowest BCUT2D eigenvalue weighted by atomic mass is 9.93. The Labute approximate surface area is 180 Å². The number of nitrogens with zero attached hydrogens (tertiary/aromatic N) is 6. The molecule has 0 N–H and O–H groups in total. The van der Waals surface area contributed by atoms with Crippen molar-refractivity contribution in [2.45, 2.75) is 33.1 Å². The van der Waals surface area contributed by atoms with Crippen molar-refractivity contribution in [3.8, 4) is 0 Å². The predicted molar refractivity (Wildman–Crippen MR) is 118 cm³/mol. The number of nitro benzene ring substituents is 1. The minimum Gasteiger partial charge on any atom is -0.368 e. The molecular formula is C22H26N6O3. The van der Waals surface area contributed by atoms with Crippen LogP contribution >= 0.6 is 0 Å². The van der Waals surface area contributed by atoms with Gasteiger partial charge in [0.15, 0.2) is 5.65 Å². The summed E-state index contributed by atoms with van der Waals surface area (Å²) in [6.07, 6.45) is 1.64. The van der Waals surface area contributed by atoms with Gasteiger partial charge < -0.3 is 9.80 Å². The summed E-state index contributed by atoms with van der Waals surface area (Å²) in [5.74, 6) is -0.0527. The van der Waals surface area contributed by atoms with Crippen molar-refractivity contribution in [2.24, 2.45) is 0 Å². The van der Waals surface area contributed by atoms with Crippen molar-refractivity contribution >= 4 is 22.9 Å². The standard InChI is InChI=1S/C22H26N6O3/c1-15-18(14-23-20-13-19(22(2,3)4)24-27(15)20)21(29)26-11-9-25(10-12-26)16-5-7-17(8-6-16)28(30)31/h5-8,13-14H,9-12H2,1-4H3. The Hall–Kier alpha value is -3.49. The second-order valence-corrected chi connectivity index (χ2v) is 8.86. The minimum absolute atomic E-state index is 0.0527. The first-order valence-corrected chi connectivity index (χ1v) is 10.3. The van der Waals surface area contributed by atoms with Crippen LogP contribution in [0.25, 0.3) is 5.65 Å². The van der Waals surface area contributed by atoms with Gasteiger partial charge in [0, 0.05) is 61.7 Å². The van der Waals surface area contributed by atoms with E-state index in [1.54, 1.807) is 22.8 Å². The number of non-ortho nitro benzene ring substituents is 1. The van der Waals surface area contributed by atoms with Crippen LogP contribution in [0.4, 0.5) is 11.4 Å². The monoisotopic (exact) mass is 422 g/mol. The number of carbonyl (C=O) groups is 1. The number of hydrogen-bond acceptors (Lipinski definition) is 6. The Bertz CT molecular complexity index is 1140. The molecule has 0 atom stereocenters. The van der Waals surface area contributed by atoms with Crippen LogP contribution in [0.15, 0.2) is 36.5 Å². The van der Waals surface area contributed by atoms with Crippen LogP contribution in [0.2, 0.25) is 0 Å². The van der Waals surface area contributed by atoms with Gasteiger partial charge in [0.2, 0.25) is 0 Å². The lowest BCUT2D eigenvalue weighted by Crippen LogP contribution is -2.49. The maximum atomic E-state index is 13.2. The van der Waals surface area contributed by atoms with E-state index >= 15 is 0 Å². The molecule has 1 aromatic carbocycles. The zero-order valence-electron chi connectivity index (χ0n) is 18.2. The Morgan fingerprint density at radius 2 is 1.74 bits per heavy atom. The van der Waals surface area contributed by atoms with Gasteiger partial charge in [0.1, 0.15) is 0 Å². The van der Waals surface area contributed by atoms with Crippen LogP contribution in [-0.2, 0) is 5.41 Å². The smallest absolute Gasteiger partial charge is 0.269 e. The SMILES string of the molecule is Cc1c(C(=O)N2CCN(c3ccc([N+](=O)[O-])cc3)CC2)cnc2cc(C(C)(C)C)nn12. The third-order valence-corrected chi connectivity index (χ3v) is 5.72. The van der Waals surface area contributed by atoms with E-state index in [1.165, 1.54) is 12.1 Å². The highest BCUT2D eigenvalue weighted by atomic mass is 16.6. The van der Waals surface area contributed by atoms with E-state index in [2.05, 4.69) is 35.8 Å². The number of anilines is 1. The fraction of sp³-hybridized carbons (Fsp3) is 0.409. The van der Waals surface area contributed by atoms with Gasteiger partial charge in [-0.1, -0.05) is 20.8 Å². The van der Waals surface area contributed by atoms with Crippen LogP contribution in [0.3, 0.4) is 0 Å². The fourth-order valence-electron chi connectivity index (χ4n) is 3.75. The lowest BCUT2D eigenvalue weighted by Gasteiger charge is -2.36. The number of hydrogen-bond donors (Lipinski definition) is 0. The number of aromatic nitrogens is 3. The second kappa shape index (κ2) is 7.64. The van der Waals surface area contributed by atoms with Crippen molar-refractivity contribution in [1.82, 2.24) is 19.5 Å².